The fourth-order valence-corrected chi connectivity index (χ4v) is 2.31. The fourth-order valence-electron chi connectivity index (χ4n) is 2.00. The second-order valence-corrected chi connectivity index (χ2v) is 5.17. The molecule has 1 N–H and O–H groups in total. The summed E-state index contributed by atoms with van der Waals surface area (Å²) in [5.74, 6) is 0. The van der Waals surface area contributed by atoms with Gasteiger partial charge in [-0.1, -0.05) is 18.2 Å². The van der Waals surface area contributed by atoms with Crippen molar-refractivity contribution in [2.75, 3.05) is 5.32 Å². The summed E-state index contributed by atoms with van der Waals surface area (Å²) in [6.45, 7) is 2.82. The van der Waals surface area contributed by atoms with Gasteiger partial charge in [-0.2, -0.15) is 0 Å². The summed E-state index contributed by atoms with van der Waals surface area (Å²) in [6.07, 6.45) is 5.55. The Balaban J connectivity index is 1.86. The molecule has 96 valence electrons. The van der Waals surface area contributed by atoms with Gasteiger partial charge in [-0.05, 0) is 34.5 Å². The average Bonchev–Trinajstić information content (AvgIpc) is 2.80. The minimum atomic E-state index is 0.725. The second-order valence-electron chi connectivity index (χ2n) is 4.36. The lowest BCUT2D eigenvalue weighted by Gasteiger charge is -2.09. The van der Waals surface area contributed by atoms with E-state index in [1.54, 1.807) is 6.20 Å². The summed E-state index contributed by atoms with van der Waals surface area (Å²) in [7, 11) is 0. The van der Waals surface area contributed by atoms with Crippen LogP contribution in [-0.4, -0.2) is 14.4 Å². The van der Waals surface area contributed by atoms with Crippen LogP contribution in [0.5, 0.6) is 0 Å². The number of imidazole rings is 1. The van der Waals surface area contributed by atoms with Crippen LogP contribution in [0.15, 0.2) is 47.5 Å². The Kier molecular flexibility index (Phi) is 3.21. The molecule has 0 saturated heterocycles. The van der Waals surface area contributed by atoms with E-state index in [9.17, 15) is 0 Å². The molecule has 0 unspecified atom stereocenters. The molecule has 0 saturated carbocycles. The van der Waals surface area contributed by atoms with Crippen molar-refractivity contribution >= 4 is 27.3 Å². The molecule has 1 aromatic carbocycles. The van der Waals surface area contributed by atoms with E-state index in [2.05, 4.69) is 50.3 Å². The molecule has 5 heteroatoms. The molecule has 0 aliphatic rings. The van der Waals surface area contributed by atoms with Crippen LogP contribution in [0.3, 0.4) is 0 Å². The van der Waals surface area contributed by atoms with E-state index in [-0.39, 0.29) is 0 Å². The lowest BCUT2D eigenvalue weighted by atomic mass is 10.2. The first-order chi connectivity index (χ1) is 9.24. The standard InChI is InChI=1S/C14H13BrN4/c1-10-4-2-3-5-12(10)16-6-11-7-18-14-8-17-13(15)9-19(11)14/h2-5,7-9,16H,6H2,1H3. The number of hydrogen-bond donors (Lipinski definition) is 1. The molecule has 0 amide bonds. The van der Waals surface area contributed by atoms with Gasteiger partial charge in [0.1, 0.15) is 4.60 Å². The number of fused-ring (bicyclic) bond motifs is 1. The van der Waals surface area contributed by atoms with Crippen LogP contribution in [0.1, 0.15) is 11.3 Å². The summed E-state index contributed by atoms with van der Waals surface area (Å²) in [5, 5.41) is 3.43. The van der Waals surface area contributed by atoms with E-state index in [0.29, 0.717) is 0 Å². The molecule has 0 aliphatic heterocycles. The summed E-state index contributed by atoms with van der Waals surface area (Å²) in [5.41, 5.74) is 4.33. The van der Waals surface area contributed by atoms with Gasteiger partial charge in [-0.25, -0.2) is 9.97 Å². The maximum atomic E-state index is 4.33. The molecule has 0 aliphatic carbocycles. The fraction of sp³-hybridized carbons (Fsp3) is 0.143. The topological polar surface area (TPSA) is 42.2 Å². The molecule has 0 spiro atoms. The zero-order valence-corrected chi connectivity index (χ0v) is 12.1. The maximum absolute atomic E-state index is 4.33. The van der Waals surface area contributed by atoms with Crippen LogP contribution >= 0.6 is 15.9 Å². The number of para-hydroxylation sites is 1. The lowest BCUT2D eigenvalue weighted by Crippen LogP contribution is -2.03. The van der Waals surface area contributed by atoms with Crippen molar-refractivity contribution in [1.29, 1.82) is 0 Å². The third-order valence-corrected chi connectivity index (χ3v) is 3.46. The number of anilines is 1. The van der Waals surface area contributed by atoms with Gasteiger partial charge in [0.2, 0.25) is 0 Å². The normalized spacial score (nSPS) is 10.8. The lowest BCUT2D eigenvalue weighted by molar-refractivity contribution is 0.982. The number of rotatable bonds is 3. The first kappa shape index (κ1) is 12.2. The third-order valence-electron chi connectivity index (χ3n) is 3.05. The molecule has 2 aromatic heterocycles. The van der Waals surface area contributed by atoms with Crippen molar-refractivity contribution in [1.82, 2.24) is 14.4 Å². The SMILES string of the molecule is Cc1ccccc1NCc1cnc2cnc(Br)cn12. The first-order valence-electron chi connectivity index (χ1n) is 6.01. The molecule has 3 rings (SSSR count). The summed E-state index contributed by atoms with van der Waals surface area (Å²) in [4.78, 5) is 8.50. The Morgan fingerprint density at radius 3 is 2.89 bits per heavy atom. The number of halogens is 1. The quantitative estimate of drug-likeness (QED) is 0.805. The van der Waals surface area contributed by atoms with Crippen molar-refractivity contribution in [3.8, 4) is 0 Å². The van der Waals surface area contributed by atoms with Crippen molar-refractivity contribution in [2.45, 2.75) is 13.5 Å². The Hall–Kier alpha value is -1.88. The van der Waals surface area contributed by atoms with Crippen LogP contribution in [-0.2, 0) is 6.54 Å². The van der Waals surface area contributed by atoms with E-state index >= 15 is 0 Å². The van der Waals surface area contributed by atoms with Crippen molar-refractivity contribution in [3.63, 3.8) is 0 Å². The molecular formula is C14H13BrN4. The number of hydrogen-bond acceptors (Lipinski definition) is 3. The largest absolute Gasteiger partial charge is 0.379 e. The summed E-state index contributed by atoms with van der Waals surface area (Å²) >= 11 is 3.38. The van der Waals surface area contributed by atoms with Gasteiger partial charge in [-0.3, -0.25) is 4.40 Å². The van der Waals surface area contributed by atoms with Gasteiger partial charge in [0, 0.05) is 11.9 Å². The van der Waals surface area contributed by atoms with Gasteiger partial charge in [-0.15, -0.1) is 0 Å². The number of benzene rings is 1. The zero-order chi connectivity index (χ0) is 13.2. The number of nitrogens with zero attached hydrogens (tertiary/aromatic N) is 3. The smallest absolute Gasteiger partial charge is 0.155 e. The molecule has 4 nitrogen and oxygen atoms in total. The van der Waals surface area contributed by atoms with Crippen molar-refractivity contribution in [3.05, 3.63) is 58.7 Å². The second kappa shape index (κ2) is 5.01. The zero-order valence-electron chi connectivity index (χ0n) is 10.5. The highest BCUT2D eigenvalue weighted by Crippen LogP contribution is 2.16. The minimum Gasteiger partial charge on any atom is -0.379 e. The molecule has 0 fully saturated rings. The van der Waals surface area contributed by atoms with Crippen molar-refractivity contribution < 1.29 is 0 Å². The predicted octanol–water partition coefficient (Wildman–Crippen LogP) is 3.41. The summed E-state index contributed by atoms with van der Waals surface area (Å²) < 4.78 is 2.83. The van der Waals surface area contributed by atoms with Crippen LogP contribution < -0.4 is 5.32 Å². The van der Waals surface area contributed by atoms with Gasteiger partial charge < -0.3 is 5.32 Å². The number of nitrogens with one attached hydrogen (secondary N) is 1. The molecule has 0 bridgehead atoms. The van der Waals surface area contributed by atoms with Gasteiger partial charge in [0.25, 0.3) is 0 Å². The van der Waals surface area contributed by atoms with E-state index < -0.39 is 0 Å². The third kappa shape index (κ3) is 2.46. The highest BCUT2D eigenvalue weighted by molar-refractivity contribution is 9.10. The molecule has 19 heavy (non-hydrogen) atoms. The monoisotopic (exact) mass is 316 g/mol. The highest BCUT2D eigenvalue weighted by atomic mass is 79.9. The first-order valence-corrected chi connectivity index (χ1v) is 6.80. The van der Waals surface area contributed by atoms with E-state index in [1.165, 1.54) is 5.56 Å². The van der Waals surface area contributed by atoms with Crippen LogP contribution in [0, 0.1) is 6.92 Å². The number of aromatic nitrogens is 3. The molecule has 0 atom stereocenters. The maximum Gasteiger partial charge on any atom is 0.155 e. The summed E-state index contributed by atoms with van der Waals surface area (Å²) in [6, 6.07) is 8.25. The molecule has 3 aromatic rings. The highest BCUT2D eigenvalue weighted by Gasteiger charge is 2.04. The van der Waals surface area contributed by atoms with Gasteiger partial charge in [0.15, 0.2) is 5.65 Å². The Morgan fingerprint density at radius 2 is 2.05 bits per heavy atom. The van der Waals surface area contributed by atoms with E-state index in [0.717, 1.165) is 28.2 Å². The van der Waals surface area contributed by atoms with Crippen molar-refractivity contribution in [2.24, 2.45) is 0 Å². The Morgan fingerprint density at radius 1 is 1.21 bits per heavy atom. The van der Waals surface area contributed by atoms with Crippen LogP contribution in [0.4, 0.5) is 5.69 Å². The number of aryl methyl sites for hydroxylation is 1. The van der Waals surface area contributed by atoms with Gasteiger partial charge in [0.05, 0.1) is 24.6 Å². The predicted molar refractivity (Wildman–Crippen MR) is 79.2 cm³/mol. The van der Waals surface area contributed by atoms with Crippen LogP contribution in [0.2, 0.25) is 0 Å². The van der Waals surface area contributed by atoms with E-state index in [4.69, 9.17) is 0 Å². The Bertz CT molecular complexity index is 720. The van der Waals surface area contributed by atoms with Crippen LogP contribution in [0.25, 0.3) is 5.65 Å². The average molecular weight is 317 g/mol. The van der Waals surface area contributed by atoms with Gasteiger partial charge >= 0.3 is 0 Å². The Labute approximate surface area is 119 Å². The molecule has 2 heterocycles. The minimum absolute atomic E-state index is 0.725. The molecular weight excluding hydrogens is 304 g/mol. The van der Waals surface area contributed by atoms with E-state index in [1.807, 2.05) is 28.9 Å². The molecule has 0 radical (unpaired) electrons.